The van der Waals surface area contributed by atoms with Gasteiger partial charge in [0.2, 0.25) is 5.95 Å². The van der Waals surface area contributed by atoms with Crippen LogP contribution in [0.2, 0.25) is 0 Å². The molecule has 32 heavy (non-hydrogen) atoms. The summed E-state index contributed by atoms with van der Waals surface area (Å²) >= 11 is 0. The van der Waals surface area contributed by atoms with Gasteiger partial charge < -0.3 is 10.5 Å². The molecule has 0 aliphatic carbocycles. The maximum atomic E-state index is 14.7. The average Bonchev–Trinajstić information content (AvgIpc) is 3.15. The predicted octanol–water partition coefficient (Wildman–Crippen LogP) is 5.77. The Balaban J connectivity index is 1.47. The summed E-state index contributed by atoms with van der Waals surface area (Å²) in [4.78, 5) is 4.18. The molecule has 5 nitrogen and oxygen atoms in total. The fourth-order valence-corrected chi connectivity index (χ4v) is 3.79. The summed E-state index contributed by atoms with van der Waals surface area (Å²) in [5.74, 6) is 0.344. The van der Waals surface area contributed by atoms with Gasteiger partial charge in [-0.25, -0.2) is 13.3 Å². The minimum atomic E-state index is -0.360. The molecule has 4 aromatic rings. The normalized spacial score (nSPS) is 13.3. The fraction of sp³-hybridized carbons (Fsp3) is 0.280. The van der Waals surface area contributed by atoms with Crippen LogP contribution >= 0.6 is 0 Å². The highest BCUT2D eigenvalue weighted by Gasteiger charge is 2.16. The SMILES string of the molecule is Cc1cc(-c2ccn3nc(N)nc3c2)cc(OCCC(C)C(C)c2ccc(F)cc2)c1F. The Morgan fingerprint density at radius 2 is 1.78 bits per heavy atom. The van der Waals surface area contributed by atoms with Gasteiger partial charge in [-0.2, -0.15) is 4.98 Å². The number of halogens is 2. The van der Waals surface area contributed by atoms with E-state index in [4.69, 9.17) is 10.5 Å². The minimum absolute atomic E-state index is 0.199. The molecule has 0 amide bonds. The van der Waals surface area contributed by atoms with Crippen molar-refractivity contribution in [2.45, 2.75) is 33.1 Å². The van der Waals surface area contributed by atoms with Crippen molar-refractivity contribution in [3.8, 4) is 16.9 Å². The molecule has 0 aliphatic rings. The van der Waals surface area contributed by atoms with Gasteiger partial charge in [-0.3, -0.25) is 0 Å². The quantitative estimate of drug-likeness (QED) is 0.399. The van der Waals surface area contributed by atoms with Gasteiger partial charge in [-0.1, -0.05) is 26.0 Å². The molecule has 0 bridgehead atoms. The summed E-state index contributed by atoms with van der Waals surface area (Å²) in [6.07, 6.45) is 2.51. The van der Waals surface area contributed by atoms with Crippen LogP contribution in [-0.2, 0) is 0 Å². The molecule has 0 fully saturated rings. The Morgan fingerprint density at radius 1 is 1.03 bits per heavy atom. The van der Waals surface area contributed by atoms with Gasteiger partial charge >= 0.3 is 0 Å². The zero-order valence-corrected chi connectivity index (χ0v) is 18.3. The molecule has 166 valence electrons. The van der Waals surface area contributed by atoms with Crippen molar-refractivity contribution in [3.05, 3.63) is 77.5 Å². The third-order valence-electron chi connectivity index (χ3n) is 5.99. The number of anilines is 1. The van der Waals surface area contributed by atoms with Gasteiger partial charge in [0.05, 0.1) is 6.61 Å². The Morgan fingerprint density at radius 3 is 2.53 bits per heavy atom. The van der Waals surface area contributed by atoms with Crippen LogP contribution in [0, 0.1) is 24.5 Å². The largest absolute Gasteiger partial charge is 0.490 e. The Labute approximate surface area is 185 Å². The number of aryl methyl sites for hydroxylation is 1. The number of ether oxygens (including phenoxy) is 1. The van der Waals surface area contributed by atoms with Gasteiger partial charge in [-0.15, -0.1) is 5.10 Å². The standard InChI is InChI=1S/C25H26F2N4O/c1-15(17(3)18-4-6-21(26)7-5-18)9-11-32-22-13-20(12-16(2)24(22)27)19-8-10-31-23(14-19)29-25(28)30-31/h4-8,10,12-15,17H,9,11H2,1-3H3,(H2,28,30). The smallest absolute Gasteiger partial charge is 0.240 e. The van der Waals surface area contributed by atoms with Gasteiger partial charge in [-0.05, 0) is 83.8 Å². The maximum absolute atomic E-state index is 14.7. The lowest BCUT2D eigenvalue weighted by molar-refractivity contribution is 0.262. The summed E-state index contributed by atoms with van der Waals surface area (Å²) < 4.78 is 35.4. The molecule has 0 saturated heterocycles. The van der Waals surface area contributed by atoms with Crippen LogP contribution in [-0.4, -0.2) is 21.2 Å². The molecule has 4 rings (SSSR count). The number of nitrogens with zero attached hydrogens (tertiary/aromatic N) is 3. The molecule has 0 saturated carbocycles. The number of pyridine rings is 1. The number of nitrogens with two attached hydrogens (primary N) is 1. The molecule has 7 heteroatoms. The van der Waals surface area contributed by atoms with Crippen molar-refractivity contribution in [3.63, 3.8) is 0 Å². The lowest BCUT2D eigenvalue weighted by atomic mass is 9.87. The highest BCUT2D eigenvalue weighted by atomic mass is 19.1. The second kappa shape index (κ2) is 8.94. The molecule has 2 N–H and O–H groups in total. The van der Waals surface area contributed by atoms with Crippen LogP contribution < -0.4 is 10.5 Å². The third kappa shape index (κ3) is 4.56. The van der Waals surface area contributed by atoms with Crippen molar-refractivity contribution in [2.24, 2.45) is 5.92 Å². The summed E-state index contributed by atoms with van der Waals surface area (Å²) in [6.45, 7) is 6.33. The van der Waals surface area contributed by atoms with E-state index in [-0.39, 0.29) is 35.2 Å². The van der Waals surface area contributed by atoms with Crippen molar-refractivity contribution in [1.82, 2.24) is 14.6 Å². The second-order valence-corrected chi connectivity index (χ2v) is 8.25. The van der Waals surface area contributed by atoms with E-state index in [1.165, 1.54) is 12.1 Å². The first-order valence-corrected chi connectivity index (χ1v) is 10.6. The van der Waals surface area contributed by atoms with E-state index in [1.807, 2.05) is 24.3 Å². The second-order valence-electron chi connectivity index (χ2n) is 8.25. The predicted molar refractivity (Wildman–Crippen MR) is 122 cm³/mol. The van der Waals surface area contributed by atoms with Gasteiger partial charge in [0.1, 0.15) is 5.82 Å². The van der Waals surface area contributed by atoms with Crippen molar-refractivity contribution in [2.75, 3.05) is 12.3 Å². The first kappa shape index (κ1) is 21.7. The third-order valence-corrected chi connectivity index (χ3v) is 5.99. The molecule has 2 heterocycles. The molecule has 2 unspecified atom stereocenters. The van der Waals surface area contributed by atoms with Crippen LogP contribution in [0.25, 0.3) is 16.8 Å². The highest BCUT2D eigenvalue weighted by molar-refractivity contribution is 5.69. The van der Waals surface area contributed by atoms with Crippen LogP contribution in [0.4, 0.5) is 14.7 Å². The summed E-state index contributed by atoms with van der Waals surface area (Å²) in [6, 6.07) is 13.8. The number of hydrogen-bond acceptors (Lipinski definition) is 4. The van der Waals surface area contributed by atoms with Gasteiger partial charge in [0.25, 0.3) is 0 Å². The summed E-state index contributed by atoms with van der Waals surface area (Å²) in [5, 5.41) is 4.07. The summed E-state index contributed by atoms with van der Waals surface area (Å²) in [7, 11) is 0. The number of benzene rings is 2. The van der Waals surface area contributed by atoms with E-state index in [1.54, 1.807) is 29.8 Å². The lowest BCUT2D eigenvalue weighted by Crippen LogP contribution is -2.11. The van der Waals surface area contributed by atoms with E-state index in [2.05, 4.69) is 23.9 Å². The van der Waals surface area contributed by atoms with E-state index < -0.39 is 0 Å². The van der Waals surface area contributed by atoms with Crippen molar-refractivity contribution in [1.29, 1.82) is 0 Å². The zero-order chi connectivity index (χ0) is 22.8. The Bertz CT molecular complexity index is 1240. The first-order valence-electron chi connectivity index (χ1n) is 10.6. The number of nitrogen functional groups attached to an aromatic ring is 1. The van der Waals surface area contributed by atoms with Gasteiger partial charge in [0, 0.05) is 6.20 Å². The molecule has 0 aliphatic heterocycles. The monoisotopic (exact) mass is 436 g/mol. The number of rotatable bonds is 7. The average molecular weight is 437 g/mol. The van der Waals surface area contributed by atoms with Crippen molar-refractivity contribution >= 4 is 11.6 Å². The molecule has 0 spiro atoms. The molecule has 2 aromatic carbocycles. The first-order chi connectivity index (χ1) is 15.3. The number of aromatic nitrogens is 3. The van der Waals surface area contributed by atoms with E-state index >= 15 is 0 Å². The van der Waals surface area contributed by atoms with Gasteiger partial charge in [0.15, 0.2) is 17.2 Å². The van der Waals surface area contributed by atoms with Crippen LogP contribution in [0.3, 0.4) is 0 Å². The van der Waals surface area contributed by atoms with Crippen LogP contribution in [0.15, 0.2) is 54.7 Å². The van der Waals surface area contributed by atoms with Crippen LogP contribution in [0.1, 0.15) is 37.3 Å². The lowest BCUT2D eigenvalue weighted by Gasteiger charge is -2.21. The molecule has 2 aromatic heterocycles. The topological polar surface area (TPSA) is 65.4 Å². The van der Waals surface area contributed by atoms with E-state index in [9.17, 15) is 8.78 Å². The molecule has 2 atom stereocenters. The Hall–Kier alpha value is -3.48. The molecular weight excluding hydrogens is 410 g/mol. The van der Waals surface area contributed by atoms with E-state index in [0.717, 1.165) is 23.1 Å². The maximum Gasteiger partial charge on any atom is 0.240 e. The zero-order valence-electron chi connectivity index (χ0n) is 18.3. The van der Waals surface area contributed by atoms with Crippen LogP contribution in [0.5, 0.6) is 5.75 Å². The van der Waals surface area contributed by atoms with Crippen molar-refractivity contribution < 1.29 is 13.5 Å². The molecular formula is C25H26F2N4O. The highest BCUT2D eigenvalue weighted by Crippen LogP contribution is 2.31. The summed E-state index contributed by atoms with van der Waals surface area (Å²) in [5.41, 5.74) is 9.56. The Kier molecular flexibility index (Phi) is 6.08. The molecule has 0 radical (unpaired) electrons. The number of hydrogen-bond donors (Lipinski definition) is 1. The minimum Gasteiger partial charge on any atom is -0.490 e. The number of fused-ring (bicyclic) bond motifs is 1. The van der Waals surface area contributed by atoms with E-state index in [0.29, 0.717) is 17.8 Å². The fourth-order valence-electron chi connectivity index (χ4n) is 3.79.